The molecular weight excluding hydrogens is 470 g/mol. The summed E-state index contributed by atoms with van der Waals surface area (Å²) in [6, 6.07) is 12.5. The molecule has 0 unspecified atom stereocenters. The molecule has 1 aliphatic heterocycles. The summed E-state index contributed by atoms with van der Waals surface area (Å²) in [4.78, 5) is 22.9. The summed E-state index contributed by atoms with van der Waals surface area (Å²) >= 11 is 0. The fraction of sp³-hybridized carbons (Fsp3) is 0.364. The van der Waals surface area contributed by atoms with Gasteiger partial charge in [-0.05, 0) is 63.3 Å². The van der Waals surface area contributed by atoms with Gasteiger partial charge in [0.25, 0.3) is 0 Å². The molecule has 0 radical (unpaired) electrons. The Bertz CT molecular complexity index is 1300. The van der Waals surface area contributed by atoms with E-state index in [2.05, 4.69) is 83.3 Å². The van der Waals surface area contributed by atoms with Crippen molar-refractivity contribution in [1.82, 2.24) is 5.32 Å². The Morgan fingerprint density at radius 1 is 0.816 bits per heavy atom. The average Bonchev–Trinajstić information content (AvgIpc) is 2.85. The molecule has 4 rings (SSSR count). The average molecular weight is 510 g/mol. The summed E-state index contributed by atoms with van der Waals surface area (Å²) < 4.78 is 5.88. The second kappa shape index (κ2) is 12.2. The number of rotatable bonds is 9. The Hall–Kier alpha value is -3.73. The third-order valence-electron chi connectivity index (χ3n) is 6.83. The molecule has 5 nitrogen and oxygen atoms in total. The van der Waals surface area contributed by atoms with Gasteiger partial charge in [-0.3, -0.25) is 4.79 Å². The Morgan fingerprint density at radius 2 is 1.42 bits per heavy atom. The lowest BCUT2D eigenvalue weighted by molar-refractivity contribution is -0.111. The number of nitrogens with zero attached hydrogens (tertiary/aromatic N) is 2. The fourth-order valence-corrected chi connectivity index (χ4v) is 4.74. The normalized spacial score (nSPS) is 15.3. The van der Waals surface area contributed by atoms with Gasteiger partial charge >= 0.3 is 0 Å². The molecule has 0 atom stereocenters. The molecule has 0 bridgehead atoms. The first-order chi connectivity index (χ1) is 18.2. The Balaban J connectivity index is 1.61. The molecule has 1 aliphatic carbocycles. The molecule has 2 aliphatic rings. The van der Waals surface area contributed by atoms with E-state index in [0.29, 0.717) is 35.4 Å². The van der Waals surface area contributed by atoms with Crippen molar-refractivity contribution in [3.05, 3.63) is 105 Å². The van der Waals surface area contributed by atoms with E-state index >= 15 is 0 Å². The van der Waals surface area contributed by atoms with Crippen LogP contribution >= 0.6 is 0 Å². The highest BCUT2D eigenvalue weighted by atomic mass is 16.5. The van der Waals surface area contributed by atoms with Gasteiger partial charge < -0.3 is 10.1 Å². The SMILES string of the molecule is Cc1ccc(C2=NC(=C3C=CC(OCCCCCC(C)C)=CC3=O)N=C(c3ccc(C)cc3C)N2)c(C)c1. The molecule has 2 aromatic rings. The number of benzene rings is 2. The number of carbonyl (C=O) groups excluding carboxylic acids is 1. The maximum Gasteiger partial charge on any atom is 0.193 e. The van der Waals surface area contributed by atoms with Gasteiger partial charge in [-0.25, -0.2) is 9.98 Å². The molecule has 198 valence electrons. The molecule has 0 amide bonds. The van der Waals surface area contributed by atoms with Crippen LogP contribution in [-0.2, 0) is 9.53 Å². The highest BCUT2D eigenvalue weighted by Gasteiger charge is 2.23. The van der Waals surface area contributed by atoms with Crippen LogP contribution in [0.1, 0.15) is 72.9 Å². The van der Waals surface area contributed by atoms with Gasteiger partial charge in [-0.2, -0.15) is 0 Å². The topological polar surface area (TPSA) is 63.0 Å². The predicted octanol–water partition coefficient (Wildman–Crippen LogP) is 7.18. The molecule has 0 saturated carbocycles. The van der Waals surface area contributed by atoms with Crippen LogP contribution in [0.2, 0.25) is 0 Å². The number of amidine groups is 2. The van der Waals surface area contributed by atoms with Crippen molar-refractivity contribution < 1.29 is 9.53 Å². The van der Waals surface area contributed by atoms with Crippen molar-refractivity contribution >= 4 is 17.5 Å². The van der Waals surface area contributed by atoms with E-state index in [4.69, 9.17) is 14.7 Å². The molecule has 38 heavy (non-hydrogen) atoms. The van der Waals surface area contributed by atoms with Crippen molar-refractivity contribution in [1.29, 1.82) is 0 Å². The predicted molar refractivity (Wildman–Crippen MR) is 157 cm³/mol. The van der Waals surface area contributed by atoms with Crippen molar-refractivity contribution in [2.24, 2.45) is 15.9 Å². The maximum atomic E-state index is 13.2. The lowest BCUT2D eigenvalue weighted by atomic mass is 10.0. The number of aryl methyl sites for hydroxylation is 4. The smallest absolute Gasteiger partial charge is 0.193 e. The number of aliphatic imine (C=N–C) groups is 2. The minimum Gasteiger partial charge on any atom is -0.493 e. The number of unbranched alkanes of at least 4 members (excludes halogenated alkanes) is 2. The Kier molecular flexibility index (Phi) is 8.77. The van der Waals surface area contributed by atoms with Gasteiger partial charge in [0.05, 0.1) is 12.2 Å². The van der Waals surface area contributed by atoms with Gasteiger partial charge in [0.15, 0.2) is 11.6 Å². The van der Waals surface area contributed by atoms with Gasteiger partial charge in [0, 0.05) is 17.2 Å². The third-order valence-corrected chi connectivity index (χ3v) is 6.83. The van der Waals surface area contributed by atoms with Crippen LogP contribution in [0.5, 0.6) is 0 Å². The van der Waals surface area contributed by atoms with E-state index < -0.39 is 0 Å². The van der Waals surface area contributed by atoms with Gasteiger partial charge in [0.1, 0.15) is 17.4 Å². The maximum absolute atomic E-state index is 13.2. The van der Waals surface area contributed by atoms with Crippen LogP contribution in [0.4, 0.5) is 0 Å². The van der Waals surface area contributed by atoms with E-state index in [1.54, 1.807) is 12.2 Å². The number of nitrogens with one attached hydrogen (secondary N) is 1. The monoisotopic (exact) mass is 509 g/mol. The summed E-state index contributed by atoms with van der Waals surface area (Å²) in [7, 11) is 0. The molecule has 2 aromatic carbocycles. The number of hydrogen-bond acceptors (Lipinski definition) is 5. The first kappa shape index (κ1) is 27.3. The number of ether oxygens (including phenoxy) is 1. The van der Waals surface area contributed by atoms with Crippen LogP contribution in [0.15, 0.2) is 81.8 Å². The number of ketones is 1. The summed E-state index contributed by atoms with van der Waals surface area (Å²) in [5.41, 5.74) is 7.01. The summed E-state index contributed by atoms with van der Waals surface area (Å²) in [6.45, 7) is 13.4. The van der Waals surface area contributed by atoms with Gasteiger partial charge in [-0.15, -0.1) is 0 Å². The van der Waals surface area contributed by atoms with Gasteiger partial charge in [-0.1, -0.05) is 80.6 Å². The zero-order chi connectivity index (χ0) is 27.2. The molecule has 0 fully saturated rings. The van der Waals surface area contributed by atoms with E-state index in [0.717, 1.165) is 41.0 Å². The number of allylic oxidation sites excluding steroid dienone is 4. The zero-order valence-electron chi connectivity index (χ0n) is 23.5. The zero-order valence-corrected chi connectivity index (χ0v) is 23.5. The lowest BCUT2D eigenvalue weighted by Crippen LogP contribution is -2.36. The highest BCUT2D eigenvalue weighted by molar-refractivity contribution is 6.18. The summed E-state index contributed by atoms with van der Waals surface area (Å²) in [6.07, 6.45) is 9.75. The molecular formula is C33H39N3O2. The van der Waals surface area contributed by atoms with Crippen LogP contribution in [0, 0.1) is 33.6 Å². The number of carbonyl (C=O) groups is 1. The molecule has 1 N–H and O–H groups in total. The number of hydrogen-bond donors (Lipinski definition) is 1. The van der Waals surface area contributed by atoms with E-state index in [1.807, 2.05) is 6.08 Å². The van der Waals surface area contributed by atoms with Crippen LogP contribution in [0.25, 0.3) is 0 Å². The molecule has 1 heterocycles. The molecule has 0 aromatic heterocycles. The van der Waals surface area contributed by atoms with E-state index in [-0.39, 0.29) is 5.78 Å². The van der Waals surface area contributed by atoms with Crippen LogP contribution in [0.3, 0.4) is 0 Å². The standard InChI is InChI=1S/C33H39N3O2/c1-21(2)10-8-7-9-17-38-26-13-16-29(30(37)20-26)33-35-31(27-14-11-22(3)18-24(27)5)34-32(36-33)28-15-12-23(4)19-25(28)6/h11-16,18-21H,7-10,17H2,1-6H3,(H,34,35,36). The molecule has 0 saturated heterocycles. The van der Waals surface area contributed by atoms with Crippen molar-refractivity contribution in [3.8, 4) is 0 Å². The minimum absolute atomic E-state index is 0.147. The highest BCUT2D eigenvalue weighted by Crippen LogP contribution is 2.24. The van der Waals surface area contributed by atoms with E-state index in [9.17, 15) is 4.79 Å². The van der Waals surface area contributed by atoms with Crippen molar-refractivity contribution in [2.75, 3.05) is 6.61 Å². The quantitative estimate of drug-likeness (QED) is 0.288. The second-order valence-electron chi connectivity index (χ2n) is 10.8. The Labute approximate surface area is 227 Å². The summed E-state index contributed by atoms with van der Waals surface area (Å²) in [5.74, 6) is 2.95. The fourth-order valence-electron chi connectivity index (χ4n) is 4.74. The third kappa shape index (κ3) is 6.77. The first-order valence-corrected chi connectivity index (χ1v) is 13.6. The molecule has 0 spiro atoms. The first-order valence-electron chi connectivity index (χ1n) is 13.6. The second-order valence-corrected chi connectivity index (χ2v) is 10.8. The Morgan fingerprint density at radius 3 is 1.95 bits per heavy atom. The van der Waals surface area contributed by atoms with Crippen LogP contribution in [-0.4, -0.2) is 24.1 Å². The van der Waals surface area contributed by atoms with Crippen LogP contribution < -0.4 is 5.32 Å². The van der Waals surface area contributed by atoms with Crippen molar-refractivity contribution in [3.63, 3.8) is 0 Å². The van der Waals surface area contributed by atoms with E-state index in [1.165, 1.54) is 24.0 Å². The van der Waals surface area contributed by atoms with Gasteiger partial charge in [0.2, 0.25) is 0 Å². The minimum atomic E-state index is -0.147. The van der Waals surface area contributed by atoms with Crippen molar-refractivity contribution in [2.45, 2.75) is 67.2 Å². The lowest BCUT2D eigenvalue weighted by Gasteiger charge is -2.21. The largest absolute Gasteiger partial charge is 0.493 e. The summed E-state index contributed by atoms with van der Waals surface area (Å²) in [5, 5.41) is 3.44. The molecule has 5 heteroatoms.